The molecule has 2 aromatic rings. The molecular weight excluding hydrogens is 446 g/mol. The number of likely N-dealkylation sites (tertiary alicyclic amines) is 1. The Morgan fingerprint density at radius 2 is 1.86 bits per heavy atom. The van der Waals surface area contributed by atoms with E-state index in [1.807, 2.05) is 47.0 Å². The van der Waals surface area contributed by atoms with E-state index >= 15 is 0 Å². The molecule has 5 heterocycles. The van der Waals surface area contributed by atoms with Crippen LogP contribution in [0.25, 0.3) is 0 Å². The van der Waals surface area contributed by atoms with Gasteiger partial charge in [-0.15, -0.1) is 0 Å². The number of fused-ring (bicyclic) bond motifs is 1. The summed E-state index contributed by atoms with van der Waals surface area (Å²) in [6.45, 7) is 3.84. The molecule has 1 spiro atoms. The van der Waals surface area contributed by atoms with Gasteiger partial charge in [-0.3, -0.25) is 24.5 Å². The number of piperidine rings is 2. The Kier molecular flexibility index (Phi) is 4.98. The number of carbonyl (C=O) groups is 4. The normalized spacial score (nSPS) is 23.4. The largest absolute Gasteiger partial charge is 0.370 e. The molecule has 1 aromatic carbocycles. The minimum absolute atomic E-state index is 0.104. The van der Waals surface area contributed by atoms with Crippen LogP contribution in [0.4, 0.5) is 5.69 Å². The topological polar surface area (TPSA) is 95.0 Å². The number of hydrogen-bond donors (Lipinski definition) is 1. The van der Waals surface area contributed by atoms with Crippen molar-refractivity contribution in [2.24, 2.45) is 12.5 Å². The smallest absolute Gasteiger partial charge is 0.270 e. The molecule has 9 nitrogen and oxygen atoms in total. The van der Waals surface area contributed by atoms with Crippen molar-refractivity contribution >= 4 is 29.3 Å². The Morgan fingerprint density at radius 3 is 2.54 bits per heavy atom. The van der Waals surface area contributed by atoms with Gasteiger partial charge in [0.2, 0.25) is 11.8 Å². The lowest BCUT2D eigenvalue weighted by Crippen LogP contribution is -2.61. The maximum atomic E-state index is 12.9. The first-order valence-electron chi connectivity index (χ1n) is 12.3. The summed E-state index contributed by atoms with van der Waals surface area (Å²) in [7, 11) is 1.90. The Hall–Kier alpha value is -3.62. The second kappa shape index (κ2) is 7.96. The van der Waals surface area contributed by atoms with E-state index in [2.05, 4.69) is 16.3 Å². The van der Waals surface area contributed by atoms with Crippen LogP contribution in [0.1, 0.15) is 52.1 Å². The molecule has 0 aliphatic carbocycles. The molecule has 0 saturated carbocycles. The number of rotatable bonds is 3. The summed E-state index contributed by atoms with van der Waals surface area (Å²) >= 11 is 0. The summed E-state index contributed by atoms with van der Waals surface area (Å²) in [5.41, 5.74) is 3.63. The number of amides is 4. The first-order chi connectivity index (χ1) is 16.8. The fourth-order valence-corrected chi connectivity index (χ4v) is 6.05. The lowest BCUT2D eigenvalue weighted by molar-refractivity contribution is -0.136. The lowest BCUT2D eigenvalue weighted by atomic mass is 9.71. The third-order valence-corrected chi connectivity index (χ3v) is 8.20. The lowest BCUT2D eigenvalue weighted by Gasteiger charge is -2.55. The summed E-state index contributed by atoms with van der Waals surface area (Å²) in [6.07, 6.45) is 4.51. The van der Waals surface area contributed by atoms with Crippen LogP contribution in [0.3, 0.4) is 0 Å². The molecule has 0 radical (unpaired) electrons. The summed E-state index contributed by atoms with van der Waals surface area (Å²) in [4.78, 5) is 55.4. The SMILES string of the molecule is Cn1cccc1C(=O)N1CCC2(CC1)CN(c1ccc3c(c1)CN(C1CCC(=O)NC1=O)C3=O)C2. The average molecular weight is 476 g/mol. The quantitative estimate of drug-likeness (QED) is 0.680. The molecule has 4 aliphatic heterocycles. The van der Waals surface area contributed by atoms with Gasteiger partial charge in [-0.05, 0) is 55.2 Å². The van der Waals surface area contributed by atoms with Crippen molar-refractivity contribution in [3.05, 3.63) is 53.3 Å². The molecule has 1 N–H and O–H groups in total. The molecule has 3 saturated heterocycles. The number of anilines is 1. The van der Waals surface area contributed by atoms with Gasteiger partial charge in [0.15, 0.2) is 0 Å². The molecule has 3 fully saturated rings. The number of hydrogen-bond acceptors (Lipinski definition) is 5. The van der Waals surface area contributed by atoms with E-state index in [0.29, 0.717) is 18.5 Å². The van der Waals surface area contributed by atoms with E-state index < -0.39 is 6.04 Å². The van der Waals surface area contributed by atoms with Gasteiger partial charge in [0.25, 0.3) is 11.8 Å². The number of nitrogens with zero attached hydrogens (tertiary/aromatic N) is 4. The van der Waals surface area contributed by atoms with Crippen molar-refractivity contribution in [1.29, 1.82) is 0 Å². The van der Waals surface area contributed by atoms with Crippen LogP contribution in [0, 0.1) is 5.41 Å². The van der Waals surface area contributed by atoms with E-state index in [-0.39, 0.29) is 35.5 Å². The van der Waals surface area contributed by atoms with Crippen LogP contribution >= 0.6 is 0 Å². The molecule has 9 heteroatoms. The van der Waals surface area contributed by atoms with E-state index in [4.69, 9.17) is 0 Å². The fraction of sp³-hybridized carbons (Fsp3) is 0.462. The van der Waals surface area contributed by atoms with Gasteiger partial charge in [0, 0.05) is 69.1 Å². The number of benzene rings is 1. The van der Waals surface area contributed by atoms with Gasteiger partial charge in [-0.2, -0.15) is 0 Å². The second-order valence-corrected chi connectivity index (χ2v) is 10.4. The highest BCUT2D eigenvalue weighted by atomic mass is 16.2. The number of aromatic nitrogens is 1. The number of nitrogens with one attached hydrogen (secondary N) is 1. The minimum Gasteiger partial charge on any atom is -0.370 e. The van der Waals surface area contributed by atoms with Crippen LogP contribution in [0.2, 0.25) is 0 Å². The highest BCUT2D eigenvalue weighted by Gasteiger charge is 2.46. The molecule has 1 aromatic heterocycles. The Bertz CT molecular complexity index is 1230. The van der Waals surface area contributed by atoms with Gasteiger partial charge < -0.3 is 19.3 Å². The molecule has 1 unspecified atom stereocenters. The van der Waals surface area contributed by atoms with Gasteiger partial charge in [-0.25, -0.2) is 0 Å². The average Bonchev–Trinajstić information content (AvgIpc) is 3.40. The van der Waals surface area contributed by atoms with Crippen LogP contribution < -0.4 is 10.2 Å². The highest BCUT2D eigenvalue weighted by molar-refractivity contribution is 6.05. The molecule has 182 valence electrons. The van der Waals surface area contributed by atoms with Gasteiger partial charge in [-0.1, -0.05) is 0 Å². The Balaban J connectivity index is 1.08. The van der Waals surface area contributed by atoms with Crippen molar-refractivity contribution in [3.8, 4) is 0 Å². The predicted octanol–water partition coefficient (Wildman–Crippen LogP) is 1.53. The van der Waals surface area contributed by atoms with E-state index in [0.717, 1.165) is 56.0 Å². The van der Waals surface area contributed by atoms with E-state index in [1.165, 1.54) is 0 Å². The van der Waals surface area contributed by atoms with Crippen molar-refractivity contribution in [1.82, 2.24) is 19.7 Å². The molecule has 4 amide bonds. The van der Waals surface area contributed by atoms with Crippen molar-refractivity contribution in [2.75, 3.05) is 31.1 Å². The first kappa shape index (κ1) is 21.9. The highest BCUT2D eigenvalue weighted by Crippen LogP contribution is 2.43. The van der Waals surface area contributed by atoms with Crippen LogP contribution in [-0.2, 0) is 23.2 Å². The maximum absolute atomic E-state index is 12.9. The number of aryl methyl sites for hydroxylation is 1. The van der Waals surface area contributed by atoms with E-state index in [9.17, 15) is 19.2 Å². The summed E-state index contributed by atoms with van der Waals surface area (Å²) in [6, 6.07) is 9.11. The Labute approximate surface area is 203 Å². The molecule has 1 atom stereocenters. The molecular formula is C26H29N5O4. The molecule has 35 heavy (non-hydrogen) atoms. The number of carbonyl (C=O) groups excluding carboxylic acids is 4. The van der Waals surface area contributed by atoms with Crippen LogP contribution in [0.15, 0.2) is 36.5 Å². The first-order valence-corrected chi connectivity index (χ1v) is 12.3. The maximum Gasteiger partial charge on any atom is 0.270 e. The third-order valence-electron chi connectivity index (χ3n) is 8.20. The molecule has 4 aliphatic rings. The zero-order valence-corrected chi connectivity index (χ0v) is 19.8. The van der Waals surface area contributed by atoms with Crippen molar-refractivity contribution in [3.63, 3.8) is 0 Å². The van der Waals surface area contributed by atoms with Gasteiger partial charge in [0.1, 0.15) is 11.7 Å². The molecule has 0 bridgehead atoms. The third kappa shape index (κ3) is 3.61. The van der Waals surface area contributed by atoms with Crippen LogP contribution in [0.5, 0.6) is 0 Å². The predicted molar refractivity (Wildman–Crippen MR) is 128 cm³/mol. The zero-order chi connectivity index (χ0) is 24.3. The summed E-state index contributed by atoms with van der Waals surface area (Å²) < 4.78 is 1.87. The molecule has 6 rings (SSSR count). The second-order valence-electron chi connectivity index (χ2n) is 10.4. The van der Waals surface area contributed by atoms with Crippen molar-refractivity contribution < 1.29 is 19.2 Å². The summed E-state index contributed by atoms with van der Waals surface area (Å²) in [5.74, 6) is -0.701. The number of imide groups is 1. The van der Waals surface area contributed by atoms with Gasteiger partial charge >= 0.3 is 0 Å². The van der Waals surface area contributed by atoms with Crippen molar-refractivity contribution in [2.45, 2.75) is 38.3 Å². The zero-order valence-electron chi connectivity index (χ0n) is 19.8. The van der Waals surface area contributed by atoms with Gasteiger partial charge in [0.05, 0.1) is 0 Å². The fourth-order valence-electron chi connectivity index (χ4n) is 6.05. The Morgan fingerprint density at radius 1 is 1.09 bits per heavy atom. The standard InChI is InChI=1S/C26H29N5O4/c1-28-10-2-3-21(28)25(35)29-11-8-26(9-12-29)15-30(16-26)18-4-5-19-17(13-18)14-31(24(19)34)20-6-7-22(32)27-23(20)33/h2-5,10,13,20H,6-9,11-12,14-16H2,1H3,(H,27,32,33). The van der Waals surface area contributed by atoms with E-state index in [1.54, 1.807) is 4.90 Å². The minimum atomic E-state index is -0.591. The monoisotopic (exact) mass is 475 g/mol. The van der Waals surface area contributed by atoms with Crippen LogP contribution in [-0.4, -0.2) is 70.2 Å². The summed E-state index contributed by atoms with van der Waals surface area (Å²) in [5, 5.41) is 2.35.